The summed E-state index contributed by atoms with van der Waals surface area (Å²) in [7, 11) is 0. The van der Waals surface area contributed by atoms with Crippen molar-refractivity contribution in [1.29, 1.82) is 0 Å². The normalized spacial score (nSPS) is 33.5. The summed E-state index contributed by atoms with van der Waals surface area (Å²) in [5, 5.41) is 33.8. The minimum Gasteiger partial charge on any atom is -0.460 e. The van der Waals surface area contributed by atoms with Crippen molar-refractivity contribution in [3.63, 3.8) is 0 Å². The molecule has 10 atom stereocenters. The molecule has 1 amide bonds. The fourth-order valence-electron chi connectivity index (χ4n) is 7.68. The number of amides is 1. The zero-order chi connectivity index (χ0) is 40.3. The number of hydrogen-bond donors (Lipinski definition) is 3. The largest absolute Gasteiger partial charge is 0.460 e. The van der Waals surface area contributed by atoms with Crippen LogP contribution in [0.5, 0.6) is 0 Å². The molecular weight excluding hydrogens is 700 g/mol. The number of allylic oxidation sites excluding steroid dienone is 5. The van der Waals surface area contributed by atoms with Gasteiger partial charge in [0, 0.05) is 50.0 Å². The van der Waals surface area contributed by atoms with Crippen molar-refractivity contribution in [2.45, 2.75) is 142 Å². The molecule has 0 aromatic carbocycles. The maximum Gasteiger partial charge on any atom is 0.329 e. The number of ether oxygens (including phenoxy) is 2. The van der Waals surface area contributed by atoms with Crippen LogP contribution in [0.1, 0.15) is 105 Å². The molecule has 10 unspecified atom stereocenters. The summed E-state index contributed by atoms with van der Waals surface area (Å²) in [4.78, 5) is 60.4. The van der Waals surface area contributed by atoms with Gasteiger partial charge in [-0.25, -0.2) is 4.79 Å². The number of fused-ring (bicyclic) bond motifs is 3. The Morgan fingerprint density at radius 1 is 0.927 bits per heavy atom. The number of nitrogens with zero attached hydrogens (tertiary/aromatic N) is 2. The Morgan fingerprint density at radius 2 is 1.65 bits per heavy atom. The molecule has 0 spiro atoms. The van der Waals surface area contributed by atoms with Crippen LogP contribution in [0.3, 0.4) is 0 Å². The third-order valence-electron chi connectivity index (χ3n) is 11.6. The lowest BCUT2D eigenvalue weighted by molar-refractivity contribution is -0.265. The van der Waals surface area contributed by atoms with Crippen molar-refractivity contribution in [3.8, 4) is 0 Å². The summed E-state index contributed by atoms with van der Waals surface area (Å²) < 4.78 is 12.2. The van der Waals surface area contributed by atoms with Gasteiger partial charge in [-0.3, -0.25) is 19.4 Å². The average Bonchev–Trinajstić information content (AvgIpc) is 3.16. The van der Waals surface area contributed by atoms with E-state index in [0.717, 1.165) is 5.56 Å². The molecule has 302 valence electrons. The molecule has 55 heavy (non-hydrogen) atoms. The van der Waals surface area contributed by atoms with Crippen LogP contribution in [0.2, 0.25) is 0 Å². The van der Waals surface area contributed by atoms with E-state index >= 15 is 0 Å². The lowest BCUT2D eigenvalue weighted by Crippen LogP contribution is -2.60. The number of rotatable bonds is 3. The predicted octanol–water partition coefficient (Wildman–Crippen LogP) is 5.77. The number of piperidine rings is 1. The zero-order valence-electron chi connectivity index (χ0n) is 33.4. The van der Waals surface area contributed by atoms with Crippen molar-refractivity contribution in [3.05, 3.63) is 77.7 Å². The molecule has 3 aliphatic heterocycles. The van der Waals surface area contributed by atoms with Crippen LogP contribution in [0.25, 0.3) is 0 Å². The van der Waals surface area contributed by atoms with Gasteiger partial charge in [0.2, 0.25) is 5.79 Å². The van der Waals surface area contributed by atoms with Gasteiger partial charge in [-0.2, -0.15) is 0 Å². The molecule has 3 aliphatic rings. The molecule has 2 bridgehead atoms. The van der Waals surface area contributed by atoms with Gasteiger partial charge in [0.05, 0.1) is 18.3 Å². The highest BCUT2D eigenvalue weighted by Gasteiger charge is 2.53. The van der Waals surface area contributed by atoms with Crippen LogP contribution in [-0.2, 0) is 35.1 Å². The molecule has 0 saturated carbocycles. The van der Waals surface area contributed by atoms with Crippen LogP contribution in [0, 0.1) is 23.7 Å². The molecule has 0 radical (unpaired) electrons. The van der Waals surface area contributed by atoms with Gasteiger partial charge >= 0.3 is 5.97 Å². The molecule has 3 N–H and O–H groups in total. The van der Waals surface area contributed by atoms with Gasteiger partial charge in [-0.05, 0) is 99.5 Å². The third kappa shape index (κ3) is 12.1. The lowest BCUT2D eigenvalue weighted by atomic mass is 9.85. The molecule has 4 heterocycles. The number of carbonyl (C=O) groups is 4. The summed E-state index contributed by atoms with van der Waals surface area (Å²) in [6.07, 6.45) is 15.2. The molecular formula is C44H62N2O9. The average molecular weight is 763 g/mol. The van der Waals surface area contributed by atoms with E-state index < -0.39 is 59.8 Å². The second-order valence-electron chi connectivity index (χ2n) is 16.2. The summed E-state index contributed by atoms with van der Waals surface area (Å²) in [5.74, 6) is -6.29. The molecule has 11 heteroatoms. The number of pyridine rings is 1. The second-order valence-corrected chi connectivity index (χ2v) is 16.2. The number of cyclic esters (lactones) is 1. The number of aliphatic hydroxyl groups excluding tert-OH is 2. The highest BCUT2D eigenvalue weighted by Crippen LogP contribution is 2.36. The minimum absolute atomic E-state index is 0.0357. The Kier molecular flexibility index (Phi) is 16.3. The predicted molar refractivity (Wildman–Crippen MR) is 209 cm³/mol. The molecule has 1 aromatic rings. The molecule has 2 fully saturated rings. The van der Waals surface area contributed by atoms with Crippen LogP contribution >= 0.6 is 0 Å². The summed E-state index contributed by atoms with van der Waals surface area (Å²) >= 11 is 0. The number of Topliss-reactive ketones (excluding diaryl/α,β-unsaturated/α-hetero) is 2. The molecule has 4 rings (SSSR count). The Hall–Kier alpha value is -3.77. The standard InChI is InChI=1S/C44H62N2O9/c1-28-12-8-7-9-13-29(2)37(47)26-35-17-16-33(6)44(53,55-35)41(50)42(51)46-23-11-10-14-36(46)43(52)54-40(32(5)25-34-19-21-45-22-20-34)18-15-30(3)38(48)27-39(49)31(4)24-28/h7-9,12-13,15,19-22,28,31-33,35-38,40,47-48,53H,10-11,14,16-18,23-27H2,1-6H3. The van der Waals surface area contributed by atoms with Gasteiger partial charge < -0.3 is 29.7 Å². The first kappa shape index (κ1) is 44.0. The third-order valence-corrected chi connectivity index (χ3v) is 11.6. The van der Waals surface area contributed by atoms with Gasteiger partial charge in [0.25, 0.3) is 11.7 Å². The van der Waals surface area contributed by atoms with E-state index in [2.05, 4.69) is 4.98 Å². The Bertz CT molecular complexity index is 1600. The van der Waals surface area contributed by atoms with Gasteiger partial charge in [-0.1, -0.05) is 64.2 Å². The fraction of sp³-hybridized carbons (Fsp3) is 0.614. The Labute approximate surface area is 326 Å². The second kappa shape index (κ2) is 20.4. The topological polar surface area (TPSA) is 164 Å². The molecule has 11 nitrogen and oxygen atoms in total. The van der Waals surface area contributed by atoms with Gasteiger partial charge in [0.1, 0.15) is 17.9 Å². The molecule has 2 saturated heterocycles. The van der Waals surface area contributed by atoms with E-state index in [1.807, 2.05) is 57.2 Å². The maximum atomic E-state index is 14.0. The van der Waals surface area contributed by atoms with E-state index in [-0.39, 0.29) is 55.8 Å². The monoisotopic (exact) mass is 762 g/mol. The first-order valence-corrected chi connectivity index (χ1v) is 20.0. The first-order valence-electron chi connectivity index (χ1n) is 20.0. The number of aromatic nitrogens is 1. The quantitative estimate of drug-likeness (QED) is 0.196. The zero-order valence-corrected chi connectivity index (χ0v) is 33.4. The van der Waals surface area contributed by atoms with Crippen LogP contribution in [-0.4, -0.2) is 91.4 Å². The number of ketones is 2. The summed E-state index contributed by atoms with van der Waals surface area (Å²) in [6, 6.07) is 2.74. The maximum absolute atomic E-state index is 14.0. The van der Waals surface area contributed by atoms with Gasteiger partial charge in [0.15, 0.2) is 0 Å². The minimum atomic E-state index is -2.42. The first-order chi connectivity index (χ1) is 26.1. The molecule has 0 aliphatic carbocycles. The van der Waals surface area contributed by atoms with E-state index in [4.69, 9.17) is 9.47 Å². The van der Waals surface area contributed by atoms with Crippen molar-refractivity contribution < 1.29 is 44.0 Å². The summed E-state index contributed by atoms with van der Waals surface area (Å²) in [5.41, 5.74) is 2.25. The smallest absolute Gasteiger partial charge is 0.329 e. The van der Waals surface area contributed by atoms with Gasteiger partial charge in [-0.15, -0.1) is 0 Å². The number of esters is 1. The van der Waals surface area contributed by atoms with E-state index in [1.54, 1.807) is 45.3 Å². The van der Waals surface area contributed by atoms with Crippen molar-refractivity contribution in [2.75, 3.05) is 6.54 Å². The number of aliphatic hydroxyl groups is 3. The van der Waals surface area contributed by atoms with Crippen molar-refractivity contribution in [2.24, 2.45) is 23.7 Å². The van der Waals surface area contributed by atoms with Crippen LogP contribution in [0.15, 0.2) is 72.1 Å². The van der Waals surface area contributed by atoms with E-state index in [9.17, 15) is 34.5 Å². The van der Waals surface area contributed by atoms with Crippen LogP contribution < -0.4 is 0 Å². The summed E-state index contributed by atoms with van der Waals surface area (Å²) in [6.45, 7) is 11.2. The van der Waals surface area contributed by atoms with Crippen molar-refractivity contribution in [1.82, 2.24) is 9.88 Å². The van der Waals surface area contributed by atoms with Crippen LogP contribution in [0.4, 0.5) is 0 Å². The fourth-order valence-corrected chi connectivity index (χ4v) is 7.68. The van der Waals surface area contributed by atoms with E-state index in [0.29, 0.717) is 49.7 Å². The van der Waals surface area contributed by atoms with E-state index in [1.165, 1.54) is 4.90 Å². The Balaban J connectivity index is 1.65. The Morgan fingerprint density at radius 3 is 2.38 bits per heavy atom. The number of carbonyl (C=O) groups excluding carboxylic acids is 4. The highest BCUT2D eigenvalue weighted by molar-refractivity contribution is 6.39. The SMILES string of the molecule is CC1=CCC(C(C)Cc2ccncc2)OC(=O)C2CCCCN2C(=O)C(=O)C2(O)OC(CCC2C)CC(O)C(C)=CC=CC=CC(C)CC(C)C(=O)CC1O. The van der Waals surface area contributed by atoms with Crippen molar-refractivity contribution >= 4 is 23.4 Å². The molecule has 1 aromatic heterocycles. The number of hydrogen-bond acceptors (Lipinski definition) is 10. The lowest BCUT2D eigenvalue weighted by Gasteiger charge is -2.42. The highest BCUT2D eigenvalue weighted by atomic mass is 16.6.